The molecule has 0 saturated carbocycles. The second-order valence-corrected chi connectivity index (χ2v) is 5.57. The van der Waals surface area contributed by atoms with Crippen LogP contribution in [-0.2, 0) is 4.74 Å². The van der Waals surface area contributed by atoms with Gasteiger partial charge in [-0.05, 0) is 24.1 Å². The van der Waals surface area contributed by atoms with Gasteiger partial charge in [-0.3, -0.25) is 0 Å². The second kappa shape index (κ2) is 8.48. The lowest BCUT2D eigenvalue weighted by Gasteiger charge is -2.16. The summed E-state index contributed by atoms with van der Waals surface area (Å²) >= 11 is 5.88. The Morgan fingerprint density at radius 2 is 2.19 bits per heavy atom. The topological polar surface area (TPSA) is 9.23 Å². The van der Waals surface area contributed by atoms with Gasteiger partial charge >= 0.3 is 0 Å². The lowest BCUT2D eigenvalue weighted by atomic mass is 10.1. The highest BCUT2D eigenvalue weighted by molar-refractivity contribution is 14.1. The molecule has 1 nitrogen and oxygen atoms in total. The summed E-state index contributed by atoms with van der Waals surface area (Å²) in [5.41, 5.74) is 1.26. The van der Waals surface area contributed by atoms with Crippen molar-refractivity contribution in [1.29, 1.82) is 0 Å². The van der Waals surface area contributed by atoms with Crippen LogP contribution in [-0.4, -0.2) is 11.0 Å². The quantitative estimate of drug-likeness (QED) is 0.352. The summed E-state index contributed by atoms with van der Waals surface area (Å²) in [5, 5.41) is 0. The van der Waals surface area contributed by atoms with E-state index >= 15 is 0 Å². The fourth-order valence-corrected chi connectivity index (χ4v) is 2.69. The number of alkyl halides is 1. The summed E-state index contributed by atoms with van der Waals surface area (Å²) in [6, 6.07) is 8.38. The van der Waals surface area contributed by atoms with Crippen LogP contribution < -0.4 is 0 Å². The van der Waals surface area contributed by atoms with E-state index in [1.54, 1.807) is 0 Å². The molecule has 0 N–H and O–H groups in total. The molecule has 0 spiro atoms. The lowest BCUT2D eigenvalue weighted by molar-refractivity contribution is 0.0681. The Labute approximate surface area is 120 Å². The first kappa shape index (κ1) is 14.5. The van der Waals surface area contributed by atoms with Crippen molar-refractivity contribution in [2.45, 2.75) is 32.3 Å². The largest absolute Gasteiger partial charge is 0.373 e. The van der Waals surface area contributed by atoms with E-state index in [-0.39, 0.29) is 6.10 Å². The Morgan fingerprint density at radius 1 is 1.38 bits per heavy atom. The average Bonchev–Trinajstić information content (AvgIpc) is 2.29. The van der Waals surface area contributed by atoms with Gasteiger partial charge in [-0.1, -0.05) is 70.4 Å². The minimum Gasteiger partial charge on any atom is -0.373 e. The predicted octanol–water partition coefficient (Wildman–Crippen LogP) is 5.13. The monoisotopic (exact) mass is 396 g/mol. The first-order chi connectivity index (χ1) is 7.77. The summed E-state index contributed by atoms with van der Waals surface area (Å²) < 4.78 is 8.03. The third kappa shape index (κ3) is 5.15. The van der Waals surface area contributed by atoms with Gasteiger partial charge in [0.2, 0.25) is 0 Å². The normalized spacial score (nSPS) is 12.7. The zero-order valence-electron chi connectivity index (χ0n) is 9.59. The van der Waals surface area contributed by atoms with Crippen LogP contribution in [0.2, 0.25) is 0 Å². The van der Waals surface area contributed by atoms with Crippen LogP contribution in [0, 0.1) is 0 Å². The van der Waals surface area contributed by atoms with Gasteiger partial charge in [0.25, 0.3) is 0 Å². The van der Waals surface area contributed by atoms with Gasteiger partial charge < -0.3 is 4.74 Å². The van der Waals surface area contributed by atoms with Crippen LogP contribution in [0.5, 0.6) is 0 Å². The van der Waals surface area contributed by atoms with E-state index in [1.807, 2.05) is 6.07 Å². The molecule has 0 fully saturated rings. The number of benzene rings is 1. The van der Waals surface area contributed by atoms with Gasteiger partial charge in [-0.2, -0.15) is 0 Å². The van der Waals surface area contributed by atoms with Crippen molar-refractivity contribution >= 4 is 38.5 Å². The van der Waals surface area contributed by atoms with Gasteiger partial charge in [0, 0.05) is 15.5 Å². The Balaban J connectivity index is 2.47. The zero-order chi connectivity index (χ0) is 11.8. The Kier molecular flexibility index (Phi) is 7.66. The minimum absolute atomic E-state index is 0.231. The smallest absolute Gasteiger partial charge is 0.0914 e. The van der Waals surface area contributed by atoms with Crippen molar-refractivity contribution in [3.63, 3.8) is 0 Å². The number of ether oxygens (including phenoxy) is 1. The van der Waals surface area contributed by atoms with E-state index in [4.69, 9.17) is 4.74 Å². The molecule has 1 aromatic carbocycles. The van der Waals surface area contributed by atoms with Crippen molar-refractivity contribution in [3.05, 3.63) is 34.3 Å². The molecule has 0 radical (unpaired) electrons. The predicted molar refractivity (Wildman–Crippen MR) is 81.2 cm³/mol. The van der Waals surface area contributed by atoms with Crippen molar-refractivity contribution in [3.8, 4) is 0 Å². The molecule has 0 aliphatic rings. The van der Waals surface area contributed by atoms with Crippen molar-refractivity contribution in [2.75, 3.05) is 11.0 Å². The average molecular weight is 397 g/mol. The van der Waals surface area contributed by atoms with E-state index in [2.05, 4.69) is 63.6 Å². The van der Waals surface area contributed by atoms with Crippen LogP contribution >= 0.6 is 38.5 Å². The summed E-state index contributed by atoms with van der Waals surface area (Å²) in [4.78, 5) is 0. The molecule has 1 unspecified atom stereocenters. The van der Waals surface area contributed by atoms with E-state index in [9.17, 15) is 0 Å². The third-order valence-electron chi connectivity index (χ3n) is 2.43. The van der Waals surface area contributed by atoms with Gasteiger partial charge in [-0.15, -0.1) is 0 Å². The highest BCUT2D eigenvalue weighted by Gasteiger charge is 2.10. The Morgan fingerprint density at radius 3 is 2.81 bits per heavy atom. The van der Waals surface area contributed by atoms with Gasteiger partial charge in [-0.25, -0.2) is 0 Å². The SMILES string of the molecule is CCCCCOC(CI)c1cccc(Br)c1. The van der Waals surface area contributed by atoms with Crippen LogP contribution in [0.1, 0.15) is 37.9 Å². The third-order valence-corrected chi connectivity index (χ3v) is 3.72. The lowest BCUT2D eigenvalue weighted by Crippen LogP contribution is -2.07. The van der Waals surface area contributed by atoms with E-state index in [0.717, 1.165) is 21.9 Å². The summed E-state index contributed by atoms with van der Waals surface area (Å²) in [6.45, 7) is 3.08. The van der Waals surface area contributed by atoms with Crippen LogP contribution in [0.4, 0.5) is 0 Å². The van der Waals surface area contributed by atoms with Crippen molar-refractivity contribution in [2.24, 2.45) is 0 Å². The minimum atomic E-state index is 0.231. The van der Waals surface area contributed by atoms with E-state index < -0.39 is 0 Å². The number of unbranched alkanes of at least 4 members (excludes halogenated alkanes) is 2. The molecular formula is C13H18BrIO. The molecule has 1 rings (SSSR count). The van der Waals surface area contributed by atoms with E-state index in [0.29, 0.717) is 0 Å². The number of hydrogen-bond donors (Lipinski definition) is 0. The molecule has 0 bridgehead atoms. The zero-order valence-corrected chi connectivity index (χ0v) is 13.3. The fourth-order valence-electron chi connectivity index (χ4n) is 1.51. The molecule has 0 amide bonds. The molecular weight excluding hydrogens is 379 g/mol. The second-order valence-electron chi connectivity index (χ2n) is 3.78. The first-order valence-corrected chi connectivity index (χ1v) is 8.02. The summed E-state index contributed by atoms with van der Waals surface area (Å²) in [7, 11) is 0. The van der Waals surface area contributed by atoms with Crippen LogP contribution in [0.3, 0.4) is 0 Å². The van der Waals surface area contributed by atoms with Crippen LogP contribution in [0.25, 0.3) is 0 Å². The molecule has 0 aliphatic heterocycles. The maximum Gasteiger partial charge on any atom is 0.0914 e. The molecule has 0 heterocycles. The number of halogens is 2. The Hall–Kier alpha value is 0.390. The number of hydrogen-bond acceptors (Lipinski definition) is 1. The molecule has 0 aliphatic carbocycles. The molecule has 3 heteroatoms. The van der Waals surface area contributed by atoms with Gasteiger partial charge in [0.05, 0.1) is 6.10 Å². The maximum atomic E-state index is 5.91. The Bertz CT molecular complexity index is 304. The molecule has 0 aromatic heterocycles. The van der Waals surface area contributed by atoms with Gasteiger partial charge in [0.15, 0.2) is 0 Å². The first-order valence-electron chi connectivity index (χ1n) is 5.71. The molecule has 1 atom stereocenters. The molecule has 16 heavy (non-hydrogen) atoms. The number of rotatable bonds is 7. The van der Waals surface area contributed by atoms with Crippen molar-refractivity contribution in [1.82, 2.24) is 0 Å². The molecule has 0 saturated heterocycles. The van der Waals surface area contributed by atoms with Crippen LogP contribution in [0.15, 0.2) is 28.7 Å². The van der Waals surface area contributed by atoms with E-state index in [1.165, 1.54) is 18.4 Å². The highest BCUT2D eigenvalue weighted by Crippen LogP contribution is 2.23. The van der Waals surface area contributed by atoms with Crippen molar-refractivity contribution < 1.29 is 4.74 Å². The fraction of sp³-hybridized carbons (Fsp3) is 0.538. The molecule has 90 valence electrons. The van der Waals surface area contributed by atoms with Gasteiger partial charge in [0.1, 0.15) is 0 Å². The standard InChI is InChI=1S/C13H18BrIO/c1-2-3-4-8-16-13(10-15)11-6-5-7-12(14)9-11/h5-7,9,13H,2-4,8,10H2,1H3. The summed E-state index contributed by atoms with van der Waals surface area (Å²) in [5.74, 6) is 0. The molecule has 1 aromatic rings. The maximum absolute atomic E-state index is 5.91. The highest BCUT2D eigenvalue weighted by atomic mass is 127. The summed E-state index contributed by atoms with van der Waals surface area (Å²) in [6.07, 6.45) is 3.90.